The van der Waals surface area contributed by atoms with E-state index in [1.165, 1.54) is 4.90 Å². The molecule has 15 heavy (non-hydrogen) atoms. The minimum Gasteiger partial charge on any atom is -0.480 e. The Balaban J connectivity index is 2.58. The van der Waals surface area contributed by atoms with Crippen LogP contribution in [0.3, 0.4) is 0 Å². The second-order valence-corrected chi connectivity index (χ2v) is 3.22. The lowest BCUT2D eigenvalue weighted by Gasteiger charge is -2.14. The fourth-order valence-electron chi connectivity index (χ4n) is 1.34. The van der Waals surface area contributed by atoms with Crippen LogP contribution in [-0.4, -0.2) is 59.0 Å². The highest BCUT2D eigenvalue weighted by molar-refractivity contribution is 6.03. The van der Waals surface area contributed by atoms with Crippen LogP contribution in [0.1, 0.15) is 6.42 Å². The molecule has 0 aliphatic carbocycles. The summed E-state index contributed by atoms with van der Waals surface area (Å²) < 4.78 is 0. The number of nitrogens with zero attached hydrogens (tertiary/aromatic N) is 2. The number of hydrogen-bond acceptors (Lipinski definition) is 4. The van der Waals surface area contributed by atoms with Gasteiger partial charge in [-0.2, -0.15) is 0 Å². The van der Waals surface area contributed by atoms with E-state index in [2.05, 4.69) is 0 Å². The molecule has 1 aliphatic heterocycles. The molecule has 1 saturated heterocycles. The molecule has 1 heterocycles. The molecule has 1 fully saturated rings. The quantitative estimate of drug-likeness (QED) is 0.554. The Morgan fingerprint density at radius 3 is 2.67 bits per heavy atom. The van der Waals surface area contributed by atoms with Gasteiger partial charge in [-0.05, 0) is 13.0 Å². The highest BCUT2D eigenvalue weighted by Crippen LogP contribution is 2.09. The standard InChI is InChI=1S/C8H13N3O4/c9-2-1-3-10-4-6(12)11(8(10)15)5-7(13)14/h1-5,9H2,(H,13,14). The number of carbonyl (C=O) groups excluding carboxylic acids is 2. The zero-order valence-corrected chi connectivity index (χ0v) is 8.18. The third kappa shape index (κ3) is 2.66. The maximum atomic E-state index is 11.5. The zero-order chi connectivity index (χ0) is 11.4. The van der Waals surface area contributed by atoms with Crippen LogP contribution in [0, 0.1) is 0 Å². The molecule has 3 amide bonds. The van der Waals surface area contributed by atoms with Gasteiger partial charge >= 0.3 is 12.0 Å². The Bertz CT molecular complexity index is 292. The van der Waals surface area contributed by atoms with Crippen molar-refractivity contribution in [1.82, 2.24) is 9.80 Å². The average Bonchev–Trinajstić information content (AvgIpc) is 2.42. The molecule has 7 heteroatoms. The molecular formula is C8H13N3O4. The van der Waals surface area contributed by atoms with E-state index >= 15 is 0 Å². The van der Waals surface area contributed by atoms with E-state index in [1.807, 2.05) is 0 Å². The summed E-state index contributed by atoms with van der Waals surface area (Å²) in [5.41, 5.74) is 5.27. The number of hydrogen-bond donors (Lipinski definition) is 2. The van der Waals surface area contributed by atoms with Crippen LogP contribution in [0.2, 0.25) is 0 Å². The normalized spacial score (nSPS) is 16.3. The Morgan fingerprint density at radius 2 is 2.13 bits per heavy atom. The molecule has 0 radical (unpaired) electrons. The van der Waals surface area contributed by atoms with Crippen LogP contribution in [-0.2, 0) is 9.59 Å². The molecular weight excluding hydrogens is 202 g/mol. The monoisotopic (exact) mass is 215 g/mol. The molecule has 3 N–H and O–H groups in total. The fourth-order valence-corrected chi connectivity index (χ4v) is 1.34. The van der Waals surface area contributed by atoms with Gasteiger partial charge in [0.2, 0.25) is 0 Å². The topological polar surface area (TPSA) is 104 Å². The number of nitrogens with two attached hydrogens (primary N) is 1. The van der Waals surface area contributed by atoms with E-state index in [9.17, 15) is 14.4 Å². The molecule has 0 atom stereocenters. The molecule has 0 spiro atoms. The molecule has 1 aliphatic rings. The largest absolute Gasteiger partial charge is 0.480 e. The van der Waals surface area contributed by atoms with E-state index in [4.69, 9.17) is 10.8 Å². The van der Waals surface area contributed by atoms with Gasteiger partial charge in [0, 0.05) is 6.54 Å². The van der Waals surface area contributed by atoms with Gasteiger partial charge in [-0.25, -0.2) is 4.79 Å². The first kappa shape index (κ1) is 11.4. The predicted molar refractivity (Wildman–Crippen MR) is 50.0 cm³/mol. The van der Waals surface area contributed by atoms with E-state index < -0.39 is 24.5 Å². The van der Waals surface area contributed by atoms with Gasteiger partial charge in [0.15, 0.2) is 0 Å². The highest BCUT2D eigenvalue weighted by atomic mass is 16.4. The number of carboxylic acid groups (broad SMARTS) is 1. The molecule has 0 bridgehead atoms. The Kier molecular flexibility index (Phi) is 3.62. The van der Waals surface area contributed by atoms with Crippen molar-refractivity contribution in [2.75, 3.05) is 26.2 Å². The first-order chi connectivity index (χ1) is 7.06. The van der Waals surface area contributed by atoms with E-state index in [-0.39, 0.29) is 6.54 Å². The van der Waals surface area contributed by atoms with Gasteiger partial charge in [0.1, 0.15) is 13.1 Å². The third-order valence-electron chi connectivity index (χ3n) is 2.05. The van der Waals surface area contributed by atoms with Crippen molar-refractivity contribution in [2.24, 2.45) is 5.73 Å². The average molecular weight is 215 g/mol. The minimum atomic E-state index is -1.20. The minimum absolute atomic E-state index is 0.0495. The lowest BCUT2D eigenvalue weighted by Crippen LogP contribution is -2.37. The van der Waals surface area contributed by atoms with Gasteiger partial charge in [-0.3, -0.25) is 14.5 Å². The molecule has 0 aromatic heterocycles. The van der Waals surface area contributed by atoms with Gasteiger partial charge in [0.05, 0.1) is 0 Å². The maximum Gasteiger partial charge on any atom is 0.327 e. The van der Waals surface area contributed by atoms with Crippen molar-refractivity contribution < 1.29 is 19.5 Å². The summed E-state index contributed by atoms with van der Waals surface area (Å²) in [5, 5.41) is 8.49. The second-order valence-electron chi connectivity index (χ2n) is 3.22. The number of urea groups is 1. The predicted octanol–water partition coefficient (Wildman–Crippen LogP) is -1.32. The Morgan fingerprint density at radius 1 is 1.47 bits per heavy atom. The SMILES string of the molecule is NCCCN1CC(=O)N(CC(=O)O)C1=O. The molecule has 84 valence electrons. The van der Waals surface area contributed by atoms with Crippen LogP contribution in [0.25, 0.3) is 0 Å². The van der Waals surface area contributed by atoms with Crippen LogP contribution < -0.4 is 5.73 Å². The van der Waals surface area contributed by atoms with Crippen molar-refractivity contribution in [2.45, 2.75) is 6.42 Å². The van der Waals surface area contributed by atoms with Crippen LogP contribution in [0.5, 0.6) is 0 Å². The first-order valence-electron chi connectivity index (χ1n) is 4.57. The number of amides is 3. The van der Waals surface area contributed by atoms with Crippen molar-refractivity contribution in [1.29, 1.82) is 0 Å². The first-order valence-corrected chi connectivity index (χ1v) is 4.57. The Hall–Kier alpha value is -1.63. The molecule has 7 nitrogen and oxygen atoms in total. The molecule has 0 aromatic carbocycles. The number of aliphatic carboxylic acids is 1. The molecule has 1 rings (SSSR count). The van der Waals surface area contributed by atoms with E-state index in [0.717, 1.165) is 4.90 Å². The fraction of sp³-hybridized carbons (Fsp3) is 0.625. The van der Waals surface area contributed by atoms with Crippen LogP contribution >= 0.6 is 0 Å². The van der Waals surface area contributed by atoms with Crippen LogP contribution in [0.15, 0.2) is 0 Å². The summed E-state index contributed by atoms with van der Waals surface area (Å²) in [6, 6.07) is -0.546. The van der Waals surface area contributed by atoms with E-state index in [1.54, 1.807) is 0 Å². The lowest BCUT2D eigenvalue weighted by atomic mass is 10.4. The molecule has 0 saturated carbocycles. The van der Waals surface area contributed by atoms with Gasteiger partial charge in [-0.1, -0.05) is 0 Å². The maximum absolute atomic E-state index is 11.5. The summed E-state index contributed by atoms with van der Waals surface area (Å²) in [4.78, 5) is 35.2. The highest BCUT2D eigenvalue weighted by Gasteiger charge is 2.36. The number of carboxylic acids is 1. The van der Waals surface area contributed by atoms with Gasteiger partial charge in [-0.15, -0.1) is 0 Å². The smallest absolute Gasteiger partial charge is 0.327 e. The number of carbonyl (C=O) groups is 3. The summed E-state index contributed by atoms with van der Waals surface area (Å²) >= 11 is 0. The van der Waals surface area contributed by atoms with Crippen molar-refractivity contribution in [3.8, 4) is 0 Å². The number of imide groups is 1. The van der Waals surface area contributed by atoms with Crippen molar-refractivity contribution in [3.63, 3.8) is 0 Å². The molecule has 0 unspecified atom stereocenters. The molecule has 0 aromatic rings. The van der Waals surface area contributed by atoms with Gasteiger partial charge < -0.3 is 15.7 Å². The second kappa shape index (κ2) is 4.74. The van der Waals surface area contributed by atoms with Crippen LogP contribution in [0.4, 0.5) is 4.79 Å². The summed E-state index contributed by atoms with van der Waals surface area (Å²) in [5.74, 6) is -1.67. The van der Waals surface area contributed by atoms with Crippen molar-refractivity contribution >= 4 is 17.9 Å². The van der Waals surface area contributed by atoms with Gasteiger partial charge in [0.25, 0.3) is 5.91 Å². The summed E-state index contributed by atoms with van der Waals surface area (Å²) in [6.07, 6.45) is 0.597. The van der Waals surface area contributed by atoms with Crippen molar-refractivity contribution in [3.05, 3.63) is 0 Å². The summed E-state index contributed by atoms with van der Waals surface area (Å²) in [6.45, 7) is 0.191. The Labute approximate surface area is 86.4 Å². The summed E-state index contributed by atoms with van der Waals surface area (Å²) in [7, 11) is 0. The third-order valence-corrected chi connectivity index (χ3v) is 2.05. The lowest BCUT2D eigenvalue weighted by molar-refractivity contribution is -0.141. The zero-order valence-electron chi connectivity index (χ0n) is 8.18. The van der Waals surface area contributed by atoms with E-state index in [0.29, 0.717) is 19.5 Å². The number of rotatable bonds is 5.